The fourth-order valence-electron chi connectivity index (χ4n) is 1.34. The number of aromatic nitrogens is 2. The van der Waals surface area contributed by atoms with Gasteiger partial charge >= 0.3 is 5.69 Å². The molecule has 0 unspecified atom stereocenters. The summed E-state index contributed by atoms with van der Waals surface area (Å²) in [6, 6.07) is 3.44. The first-order chi connectivity index (χ1) is 8.27. The minimum Gasteiger partial charge on any atom is -0.350 e. The summed E-state index contributed by atoms with van der Waals surface area (Å²) in [6.07, 6.45) is 3.09. The fraction of sp³-hybridized carbons (Fsp3) is 0.182. The first kappa shape index (κ1) is 11.5. The van der Waals surface area contributed by atoms with Gasteiger partial charge in [-0.1, -0.05) is 0 Å². The number of thiophene rings is 1. The molecule has 0 aliphatic heterocycles. The maximum atomic E-state index is 11.6. The predicted octanol–water partition coefficient (Wildman–Crippen LogP) is 0.735. The van der Waals surface area contributed by atoms with E-state index in [1.807, 2.05) is 5.38 Å². The highest BCUT2D eigenvalue weighted by Crippen LogP contribution is 2.04. The van der Waals surface area contributed by atoms with Gasteiger partial charge in [0.25, 0.3) is 5.91 Å². The third-order valence-electron chi connectivity index (χ3n) is 2.20. The van der Waals surface area contributed by atoms with Gasteiger partial charge in [-0.05, 0) is 17.5 Å². The Morgan fingerprint density at radius 3 is 3.12 bits per heavy atom. The van der Waals surface area contributed by atoms with E-state index in [9.17, 15) is 9.59 Å². The van der Waals surface area contributed by atoms with Crippen LogP contribution in [0, 0.1) is 0 Å². The molecule has 0 atom stereocenters. The van der Waals surface area contributed by atoms with Gasteiger partial charge in [-0.15, -0.1) is 0 Å². The van der Waals surface area contributed by atoms with Crippen LogP contribution in [-0.4, -0.2) is 22.0 Å². The number of amides is 1. The molecule has 0 spiro atoms. The number of rotatable bonds is 4. The van der Waals surface area contributed by atoms with Crippen molar-refractivity contribution in [2.45, 2.75) is 6.54 Å². The average Bonchev–Trinajstić information content (AvgIpc) is 2.85. The maximum absolute atomic E-state index is 11.6. The summed E-state index contributed by atoms with van der Waals surface area (Å²) in [5.74, 6) is -0.122. The molecule has 0 saturated carbocycles. The van der Waals surface area contributed by atoms with Crippen molar-refractivity contribution < 1.29 is 4.79 Å². The van der Waals surface area contributed by atoms with E-state index < -0.39 is 0 Å². The summed E-state index contributed by atoms with van der Waals surface area (Å²) in [6.45, 7) is 0.822. The Morgan fingerprint density at radius 2 is 2.41 bits per heavy atom. The van der Waals surface area contributed by atoms with Gasteiger partial charge in [0.1, 0.15) is 0 Å². The van der Waals surface area contributed by atoms with Crippen molar-refractivity contribution in [1.82, 2.24) is 14.9 Å². The normalized spacial score (nSPS) is 10.1. The van der Waals surface area contributed by atoms with Gasteiger partial charge in [0.2, 0.25) is 0 Å². The highest BCUT2D eigenvalue weighted by Gasteiger charge is 2.04. The zero-order chi connectivity index (χ0) is 12.1. The molecule has 0 aliphatic carbocycles. The smallest absolute Gasteiger partial charge is 0.347 e. The number of nitrogens with zero attached hydrogens (tertiary/aromatic N) is 2. The molecule has 0 saturated heterocycles. The van der Waals surface area contributed by atoms with Crippen LogP contribution in [-0.2, 0) is 6.54 Å². The summed E-state index contributed by atoms with van der Waals surface area (Å²) in [4.78, 5) is 26.5. The van der Waals surface area contributed by atoms with Crippen LogP contribution in [0.5, 0.6) is 0 Å². The average molecular weight is 249 g/mol. The second-order valence-corrected chi connectivity index (χ2v) is 4.14. The van der Waals surface area contributed by atoms with E-state index in [2.05, 4.69) is 10.3 Å². The van der Waals surface area contributed by atoms with Crippen molar-refractivity contribution in [3.05, 3.63) is 51.3 Å². The van der Waals surface area contributed by atoms with Crippen molar-refractivity contribution in [3.8, 4) is 0 Å². The lowest BCUT2D eigenvalue weighted by molar-refractivity contribution is 0.0952. The van der Waals surface area contributed by atoms with Gasteiger partial charge in [0, 0.05) is 36.4 Å². The standard InChI is InChI=1S/C11H11N3O2S/c15-10(9-2-7-17-8-9)12-4-6-14-5-1-3-13-11(14)16/h1-3,5,7-8H,4,6H2,(H,12,15). The van der Waals surface area contributed by atoms with Crippen LogP contribution in [0.4, 0.5) is 0 Å². The molecule has 1 amide bonds. The summed E-state index contributed by atoms with van der Waals surface area (Å²) in [5, 5.41) is 6.37. The van der Waals surface area contributed by atoms with Crippen LogP contribution < -0.4 is 11.0 Å². The molecule has 1 N–H and O–H groups in total. The van der Waals surface area contributed by atoms with E-state index in [0.29, 0.717) is 18.7 Å². The Bertz CT molecular complexity index is 548. The highest BCUT2D eigenvalue weighted by atomic mass is 32.1. The SMILES string of the molecule is O=C(NCCn1cccnc1=O)c1ccsc1. The minimum atomic E-state index is -0.308. The number of carbonyl (C=O) groups excluding carboxylic acids is 1. The van der Waals surface area contributed by atoms with Gasteiger partial charge < -0.3 is 5.32 Å². The lowest BCUT2D eigenvalue weighted by Gasteiger charge is -2.05. The molecule has 6 heteroatoms. The molecule has 0 aliphatic rings. The van der Waals surface area contributed by atoms with Crippen molar-refractivity contribution in [2.75, 3.05) is 6.54 Å². The molecule has 0 bridgehead atoms. The van der Waals surface area contributed by atoms with Gasteiger partial charge in [-0.3, -0.25) is 9.36 Å². The Hall–Kier alpha value is -1.95. The van der Waals surface area contributed by atoms with E-state index in [1.54, 1.807) is 23.7 Å². The van der Waals surface area contributed by atoms with Crippen LogP contribution >= 0.6 is 11.3 Å². The maximum Gasteiger partial charge on any atom is 0.347 e. The van der Waals surface area contributed by atoms with E-state index in [0.717, 1.165) is 0 Å². The molecule has 2 aromatic rings. The van der Waals surface area contributed by atoms with Crippen LogP contribution in [0.2, 0.25) is 0 Å². The molecule has 88 valence electrons. The fourth-order valence-corrected chi connectivity index (χ4v) is 1.98. The molecular weight excluding hydrogens is 238 g/mol. The topological polar surface area (TPSA) is 64.0 Å². The molecular formula is C11H11N3O2S. The summed E-state index contributed by atoms with van der Waals surface area (Å²) in [7, 11) is 0. The number of hydrogen-bond acceptors (Lipinski definition) is 4. The largest absolute Gasteiger partial charge is 0.350 e. The van der Waals surface area contributed by atoms with Gasteiger partial charge in [-0.25, -0.2) is 9.78 Å². The summed E-state index contributed by atoms with van der Waals surface area (Å²) in [5.41, 5.74) is 0.339. The van der Waals surface area contributed by atoms with Crippen molar-refractivity contribution in [1.29, 1.82) is 0 Å². The van der Waals surface area contributed by atoms with E-state index in [4.69, 9.17) is 0 Å². The van der Waals surface area contributed by atoms with Crippen molar-refractivity contribution in [3.63, 3.8) is 0 Å². The minimum absolute atomic E-state index is 0.122. The number of nitrogens with one attached hydrogen (secondary N) is 1. The van der Waals surface area contributed by atoms with Crippen LogP contribution in [0.1, 0.15) is 10.4 Å². The first-order valence-electron chi connectivity index (χ1n) is 5.09. The second kappa shape index (κ2) is 5.40. The molecule has 0 aromatic carbocycles. The lowest BCUT2D eigenvalue weighted by Crippen LogP contribution is -2.31. The van der Waals surface area contributed by atoms with Crippen molar-refractivity contribution in [2.24, 2.45) is 0 Å². The molecule has 2 aromatic heterocycles. The Morgan fingerprint density at radius 1 is 1.53 bits per heavy atom. The highest BCUT2D eigenvalue weighted by molar-refractivity contribution is 7.08. The number of carbonyl (C=O) groups is 1. The Kier molecular flexibility index (Phi) is 3.66. The molecule has 2 rings (SSSR count). The van der Waals surface area contributed by atoms with Gasteiger partial charge in [-0.2, -0.15) is 11.3 Å². The van der Waals surface area contributed by atoms with Crippen molar-refractivity contribution >= 4 is 17.2 Å². The first-order valence-corrected chi connectivity index (χ1v) is 6.03. The third-order valence-corrected chi connectivity index (χ3v) is 2.89. The van der Waals surface area contributed by atoms with Gasteiger partial charge in [0.15, 0.2) is 0 Å². The third kappa shape index (κ3) is 3.01. The van der Waals surface area contributed by atoms with E-state index >= 15 is 0 Å². The molecule has 2 heterocycles. The van der Waals surface area contributed by atoms with Gasteiger partial charge in [0.05, 0.1) is 0 Å². The molecule has 5 nitrogen and oxygen atoms in total. The van der Waals surface area contributed by atoms with E-state index in [1.165, 1.54) is 22.1 Å². The van der Waals surface area contributed by atoms with Crippen LogP contribution in [0.15, 0.2) is 40.1 Å². The monoisotopic (exact) mass is 249 g/mol. The zero-order valence-corrected chi connectivity index (χ0v) is 9.81. The molecule has 17 heavy (non-hydrogen) atoms. The quantitative estimate of drug-likeness (QED) is 0.869. The van der Waals surface area contributed by atoms with E-state index in [-0.39, 0.29) is 11.6 Å². The lowest BCUT2D eigenvalue weighted by atomic mass is 10.3. The summed E-state index contributed by atoms with van der Waals surface area (Å²) >= 11 is 1.47. The van der Waals surface area contributed by atoms with Crippen LogP contribution in [0.3, 0.4) is 0 Å². The summed E-state index contributed by atoms with van der Waals surface area (Å²) < 4.78 is 1.45. The number of hydrogen-bond donors (Lipinski definition) is 1. The van der Waals surface area contributed by atoms with Crippen LogP contribution in [0.25, 0.3) is 0 Å². The molecule has 0 fully saturated rings. The zero-order valence-electron chi connectivity index (χ0n) is 9.00. The Balaban J connectivity index is 1.87. The molecule has 0 radical (unpaired) electrons. The predicted molar refractivity (Wildman–Crippen MR) is 65.1 cm³/mol. The second-order valence-electron chi connectivity index (χ2n) is 3.36. The Labute approximate surface area is 102 Å².